The second kappa shape index (κ2) is 10.4. The SMILES string of the molecule is C[C@@H]1C(=O)NCCN1C(=O)N[C@@H](c1ccc(OC(F)C(F)F)cc1)c1ccc(F)c(C(F)(F)F)n1. The molecule has 1 fully saturated rings. The molecular weight excluding hydrogens is 489 g/mol. The molecule has 2 heterocycles. The van der Waals surface area contributed by atoms with Gasteiger partial charge in [0.2, 0.25) is 5.91 Å². The number of pyridine rings is 1. The molecule has 0 bridgehead atoms. The number of piperazine rings is 1. The predicted octanol–water partition coefficient (Wildman–Crippen LogP) is 3.80. The molecule has 7 nitrogen and oxygen atoms in total. The van der Waals surface area contributed by atoms with Crippen LogP contribution in [0.1, 0.15) is 29.9 Å². The lowest BCUT2D eigenvalue weighted by Crippen LogP contribution is -2.58. The van der Waals surface area contributed by atoms with Crippen LogP contribution in [0.5, 0.6) is 5.75 Å². The molecule has 2 N–H and O–H groups in total. The number of hydrogen-bond acceptors (Lipinski definition) is 4. The fourth-order valence-corrected chi connectivity index (χ4v) is 3.33. The van der Waals surface area contributed by atoms with E-state index in [-0.39, 0.29) is 24.4 Å². The molecule has 1 aromatic heterocycles. The fraction of sp³-hybridized carbons (Fsp3) is 0.381. The van der Waals surface area contributed by atoms with Crippen molar-refractivity contribution in [3.63, 3.8) is 0 Å². The zero-order valence-electron chi connectivity index (χ0n) is 18.0. The highest BCUT2D eigenvalue weighted by atomic mass is 19.4. The zero-order chi connectivity index (χ0) is 25.9. The van der Waals surface area contributed by atoms with Crippen LogP contribution in [0.4, 0.5) is 35.5 Å². The van der Waals surface area contributed by atoms with Gasteiger partial charge in [-0.1, -0.05) is 12.1 Å². The van der Waals surface area contributed by atoms with Crippen molar-refractivity contribution in [2.75, 3.05) is 13.1 Å². The number of urea groups is 1. The third-order valence-corrected chi connectivity index (χ3v) is 5.12. The Kier molecular flexibility index (Phi) is 7.70. The van der Waals surface area contributed by atoms with Gasteiger partial charge in [-0.3, -0.25) is 4.79 Å². The first-order valence-electron chi connectivity index (χ1n) is 10.2. The number of hydrogen-bond donors (Lipinski definition) is 2. The molecule has 0 aliphatic carbocycles. The first-order chi connectivity index (χ1) is 16.4. The predicted molar refractivity (Wildman–Crippen MR) is 107 cm³/mol. The number of rotatable bonds is 6. The van der Waals surface area contributed by atoms with Crippen LogP contribution in [0.3, 0.4) is 0 Å². The molecule has 1 unspecified atom stereocenters. The number of carbonyl (C=O) groups excluding carboxylic acids is 2. The van der Waals surface area contributed by atoms with Crippen molar-refractivity contribution >= 4 is 11.9 Å². The van der Waals surface area contributed by atoms with Crippen molar-refractivity contribution in [3.8, 4) is 5.75 Å². The molecule has 14 heteroatoms. The average Bonchev–Trinajstić information content (AvgIpc) is 2.79. The standard InChI is InChI=1S/C21H19F7N4O3/c1-10-19(33)29-8-9-32(10)20(34)31-15(14-7-6-13(22)16(30-14)21(26,27)28)11-2-4-12(5-3-11)35-18(25)17(23)24/h2-7,10,15,17-18H,8-9H2,1H3,(H,29,33)(H,31,34)/t10-,15+,18?/m1/s1. The summed E-state index contributed by atoms with van der Waals surface area (Å²) < 4.78 is 95.8. The molecule has 0 saturated carbocycles. The van der Waals surface area contributed by atoms with Crippen LogP contribution in [0, 0.1) is 5.82 Å². The Hall–Kier alpha value is -3.58. The Morgan fingerprint density at radius 3 is 2.43 bits per heavy atom. The summed E-state index contributed by atoms with van der Waals surface area (Å²) in [5, 5.41) is 5.02. The van der Waals surface area contributed by atoms with Gasteiger partial charge in [0, 0.05) is 13.1 Å². The van der Waals surface area contributed by atoms with E-state index in [1.165, 1.54) is 19.1 Å². The maximum atomic E-state index is 13.8. The summed E-state index contributed by atoms with van der Waals surface area (Å²) in [6.45, 7) is 1.70. The first-order valence-corrected chi connectivity index (χ1v) is 10.2. The summed E-state index contributed by atoms with van der Waals surface area (Å²) in [4.78, 5) is 29.3. The van der Waals surface area contributed by atoms with Gasteiger partial charge >= 0.3 is 18.6 Å². The van der Waals surface area contributed by atoms with Crippen molar-refractivity contribution in [2.45, 2.75) is 38.0 Å². The highest BCUT2D eigenvalue weighted by Crippen LogP contribution is 2.32. The van der Waals surface area contributed by atoms with Crippen LogP contribution in [-0.4, -0.2) is 53.7 Å². The average molecular weight is 508 g/mol. The summed E-state index contributed by atoms with van der Waals surface area (Å²) in [6, 6.07) is 2.87. The van der Waals surface area contributed by atoms with E-state index in [0.717, 1.165) is 23.1 Å². The van der Waals surface area contributed by atoms with E-state index in [0.29, 0.717) is 6.07 Å². The van der Waals surface area contributed by atoms with Crippen molar-refractivity contribution in [1.82, 2.24) is 20.5 Å². The quantitative estimate of drug-likeness (QED) is 0.582. The van der Waals surface area contributed by atoms with E-state index < -0.39 is 60.2 Å². The lowest BCUT2D eigenvalue weighted by atomic mass is 10.0. The zero-order valence-corrected chi connectivity index (χ0v) is 18.0. The monoisotopic (exact) mass is 508 g/mol. The van der Waals surface area contributed by atoms with E-state index in [4.69, 9.17) is 0 Å². The number of benzene rings is 1. The number of halogens is 7. The molecule has 1 aromatic carbocycles. The molecule has 0 spiro atoms. The van der Waals surface area contributed by atoms with Crippen molar-refractivity contribution in [1.29, 1.82) is 0 Å². The Morgan fingerprint density at radius 2 is 1.83 bits per heavy atom. The lowest BCUT2D eigenvalue weighted by Gasteiger charge is -2.34. The minimum atomic E-state index is -5.13. The molecule has 3 amide bonds. The largest absolute Gasteiger partial charge is 0.454 e. The summed E-state index contributed by atoms with van der Waals surface area (Å²) >= 11 is 0. The first kappa shape index (κ1) is 26.0. The number of nitrogens with zero attached hydrogens (tertiary/aromatic N) is 2. The summed E-state index contributed by atoms with van der Waals surface area (Å²) in [6.07, 6.45) is -11.4. The highest BCUT2D eigenvalue weighted by molar-refractivity contribution is 5.88. The van der Waals surface area contributed by atoms with Crippen LogP contribution in [0.2, 0.25) is 0 Å². The smallest absolute Gasteiger partial charge is 0.436 e. The maximum absolute atomic E-state index is 13.8. The summed E-state index contributed by atoms with van der Waals surface area (Å²) in [5.41, 5.74) is -2.11. The van der Waals surface area contributed by atoms with Gasteiger partial charge in [-0.25, -0.2) is 22.9 Å². The third kappa shape index (κ3) is 6.11. The van der Waals surface area contributed by atoms with Crippen LogP contribution in [0.25, 0.3) is 0 Å². The molecule has 2 aromatic rings. The van der Waals surface area contributed by atoms with Crippen molar-refractivity contribution in [2.24, 2.45) is 0 Å². The fourth-order valence-electron chi connectivity index (χ4n) is 3.33. The van der Waals surface area contributed by atoms with E-state index >= 15 is 0 Å². The summed E-state index contributed by atoms with van der Waals surface area (Å²) in [5.74, 6) is -2.38. The maximum Gasteiger partial charge on any atom is 0.436 e. The minimum Gasteiger partial charge on any atom is -0.454 e. The number of aromatic nitrogens is 1. The van der Waals surface area contributed by atoms with Crippen molar-refractivity contribution < 1.29 is 45.1 Å². The molecule has 190 valence electrons. The Bertz CT molecular complexity index is 1070. The molecule has 1 saturated heterocycles. The molecule has 1 aliphatic rings. The van der Waals surface area contributed by atoms with E-state index in [1.54, 1.807) is 0 Å². The Labute approximate surface area is 194 Å². The topological polar surface area (TPSA) is 83.6 Å². The highest BCUT2D eigenvalue weighted by Gasteiger charge is 2.38. The van der Waals surface area contributed by atoms with Gasteiger partial charge in [-0.2, -0.15) is 17.6 Å². The molecule has 1 aliphatic heterocycles. The number of nitrogens with one attached hydrogen (secondary N) is 2. The number of carbonyl (C=O) groups is 2. The van der Waals surface area contributed by atoms with Crippen LogP contribution in [-0.2, 0) is 11.0 Å². The van der Waals surface area contributed by atoms with Gasteiger partial charge in [0.05, 0.1) is 11.7 Å². The van der Waals surface area contributed by atoms with Crippen molar-refractivity contribution in [3.05, 3.63) is 59.2 Å². The van der Waals surface area contributed by atoms with Gasteiger partial charge < -0.3 is 20.3 Å². The Morgan fingerprint density at radius 1 is 1.17 bits per heavy atom. The molecular formula is C21H19F7N4O3. The van der Waals surface area contributed by atoms with Crippen LogP contribution >= 0.6 is 0 Å². The van der Waals surface area contributed by atoms with E-state index in [2.05, 4.69) is 20.4 Å². The molecule has 3 rings (SSSR count). The third-order valence-electron chi connectivity index (χ3n) is 5.12. The normalized spacial score (nSPS) is 18.1. The molecule has 0 radical (unpaired) electrons. The van der Waals surface area contributed by atoms with Gasteiger partial charge in [-0.05, 0) is 36.8 Å². The van der Waals surface area contributed by atoms with Gasteiger partial charge in [-0.15, -0.1) is 0 Å². The number of ether oxygens (including phenoxy) is 1. The van der Waals surface area contributed by atoms with E-state index in [1.807, 2.05) is 0 Å². The van der Waals surface area contributed by atoms with Crippen LogP contribution < -0.4 is 15.4 Å². The lowest BCUT2D eigenvalue weighted by molar-refractivity contribution is -0.143. The second-order valence-electron chi connectivity index (χ2n) is 7.48. The number of alkyl halides is 6. The van der Waals surface area contributed by atoms with Gasteiger partial charge in [0.15, 0.2) is 11.5 Å². The Balaban J connectivity index is 1.96. The minimum absolute atomic E-state index is 0.0968. The van der Waals surface area contributed by atoms with Gasteiger partial charge in [0.1, 0.15) is 11.8 Å². The van der Waals surface area contributed by atoms with Crippen LogP contribution in [0.15, 0.2) is 36.4 Å². The van der Waals surface area contributed by atoms with Gasteiger partial charge in [0.25, 0.3) is 6.36 Å². The second-order valence-corrected chi connectivity index (χ2v) is 7.48. The molecule has 35 heavy (non-hydrogen) atoms. The molecule has 3 atom stereocenters. The van der Waals surface area contributed by atoms with E-state index in [9.17, 15) is 40.3 Å². The summed E-state index contributed by atoms with van der Waals surface area (Å²) in [7, 11) is 0. The number of amides is 3.